The maximum absolute atomic E-state index is 11.6. The summed E-state index contributed by atoms with van der Waals surface area (Å²) in [4.78, 5) is 13.1. The van der Waals surface area contributed by atoms with Gasteiger partial charge in [-0.05, 0) is 31.2 Å². The van der Waals surface area contributed by atoms with Gasteiger partial charge in [-0.15, -0.1) is 0 Å². The highest BCUT2D eigenvalue weighted by Gasteiger charge is 2.13. The minimum Gasteiger partial charge on any atom is -0.497 e. The molecular formula is C13H18BrNO3. The summed E-state index contributed by atoms with van der Waals surface area (Å²) in [5, 5.41) is 0. The van der Waals surface area contributed by atoms with Crippen LogP contribution in [-0.4, -0.2) is 42.9 Å². The maximum atomic E-state index is 11.6. The molecule has 1 atom stereocenters. The molecule has 5 heteroatoms. The molecule has 100 valence electrons. The van der Waals surface area contributed by atoms with Crippen LogP contribution in [0.5, 0.6) is 11.5 Å². The van der Waals surface area contributed by atoms with E-state index in [9.17, 15) is 4.79 Å². The van der Waals surface area contributed by atoms with Crippen LogP contribution in [0.3, 0.4) is 0 Å². The fourth-order valence-electron chi connectivity index (χ4n) is 1.39. The lowest BCUT2D eigenvalue weighted by Crippen LogP contribution is -2.35. The Bertz CT molecular complexity index is 378. The molecule has 1 aromatic carbocycles. The van der Waals surface area contributed by atoms with Gasteiger partial charge in [0, 0.05) is 7.05 Å². The van der Waals surface area contributed by atoms with Crippen LogP contribution in [0.15, 0.2) is 24.3 Å². The number of halogens is 1. The average molecular weight is 316 g/mol. The quantitative estimate of drug-likeness (QED) is 0.756. The SMILES string of the molecule is COc1ccc(OCCN(C)C(=O)C(C)Br)cc1. The van der Waals surface area contributed by atoms with Gasteiger partial charge in [0.1, 0.15) is 18.1 Å². The lowest BCUT2D eigenvalue weighted by molar-refractivity contribution is -0.129. The Morgan fingerprint density at radius 1 is 1.33 bits per heavy atom. The summed E-state index contributed by atoms with van der Waals surface area (Å²) >= 11 is 3.25. The summed E-state index contributed by atoms with van der Waals surface area (Å²) in [7, 11) is 3.38. The van der Waals surface area contributed by atoms with Crippen molar-refractivity contribution < 1.29 is 14.3 Å². The number of ether oxygens (including phenoxy) is 2. The van der Waals surface area contributed by atoms with Gasteiger partial charge < -0.3 is 14.4 Å². The van der Waals surface area contributed by atoms with Crippen LogP contribution >= 0.6 is 15.9 Å². The van der Waals surface area contributed by atoms with Crippen molar-refractivity contribution in [1.29, 1.82) is 0 Å². The van der Waals surface area contributed by atoms with Crippen molar-refractivity contribution in [3.63, 3.8) is 0 Å². The number of alkyl halides is 1. The number of hydrogen-bond donors (Lipinski definition) is 0. The van der Waals surface area contributed by atoms with E-state index >= 15 is 0 Å². The number of nitrogens with zero attached hydrogens (tertiary/aromatic N) is 1. The third kappa shape index (κ3) is 4.56. The molecule has 0 spiro atoms. The molecule has 1 amide bonds. The molecule has 0 saturated heterocycles. The first-order chi connectivity index (χ1) is 8.54. The van der Waals surface area contributed by atoms with Crippen molar-refractivity contribution in [2.75, 3.05) is 27.3 Å². The smallest absolute Gasteiger partial charge is 0.235 e. The molecule has 0 N–H and O–H groups in total. The van der Waals surface area contributed by atoms with Crippen molar-refractivity contribution >= 4 is 21.8 Å². The normalized spacial score (nSPS) is 11.8. The van der Waals surface area contributed by atoms with Gasteiger partial charge >= 0.3 is 0 Å². The van der Waals surface area contributed by atoms with E-state index in [1.54, 1.807) is 19.1 Å². The topological polar surface area (TPSA) is 38.8 Å². The summed E-state index contributed by atoms with van der Waals surface area (Å²) in [6.45, 7) is 2.83. The Hall–Kier alpha value is -1.23. The Kier molecular flexibility index (Phi) is 5.98. The molecule has 0 aliphatic heterocycles. The molecular weight excluding hydrogens is 298 g/mol. The van der Waals surface area contributed by atoms with Crippen molar-refractivity contribution in [1.82, 2.24) is 4.90 Å². The predicted molar refractivity (Wildman–Crippen MR) is 74.5 cm³/mol. The third-order valence-electron chi connectivity index (χ3n) is 2.47. The molecule has 4 nitrogen and oxygen atoms in total. The number of rotatable bonds is 6. The highest BCUT2D eigenvalue weighted by atomic mass is 79.9. The summed E-state index contributed by atoms with van der Waals surface area (Å²) in [5.74, 6) is 1.61. The van der Waals surface area contributed by atoms with E-state index in [4.69, 9.17) is 9.47 Å². The van der Waals surface area contributed by atoms with Crippen LogP contribution in [0.4, 0.5) is 0 Å². The molecule has 0 fully saturated rings. The van der Waals surface area contributed by atoms with Gasteiger partial charge in [0.05, 0.1) is 18.5 Å². The Morgan fingerprint density at radius 3 is 2.39 bits per heavy atom. The fourth-order valence-corrected chi connectivity index (χ4v) is 1.74. The van der Waals surface area contributed by atoms with Crippen molar-refractivity contribution in [3.05, 3.63) is 24.3 Å². The van der Waals surface area contributed by atoms with E-state index in [1.165, 1.54) is 0 Å². The molecule has 0 aliphatic rings. The second kappa shape index (κ2) is 7.26. The van der Waals surface area contributed by atoms with E-state index in [2.05, 4.69) is 15.9 Å². The van der Waals surface area contributed by atoms with E-state index in [1.807, 2.05) is 31.2 Å². The molecule has 1 aromatic rings. The number of methoxy groups -OCH3 is 1. The zero-order chi connectivity index (χ0) is 13.5. The number of amides is 1. The Balaban J connectivity index is 2.34. The van der Waals surface area contributed by atoms with Crippen molar-refractivity contribution in [2.45, 2.75) is 11.8 Å². The number of likely N-dealkylation sites (N-methyl/N-ethyl adjacent to an activating group) is 1. The monoisotopic (exact) mass is 315 g/mol. The first-order valence-corrected chi connectivity index (χ1v) is 6.62. The van der Waals surface area contributed by atoms with Crippen molar-refractivity contribution in [2.24, 2.45) is 0 Å². The molecule has 0 heterocycles. The fraction of sp³-hybridized carbons (Fsp3) is 0.462. The number of benzene rings is 1. The minimum absolute atomic E-state index is 0.0494. The molecule has 0 saturated carbocycles. The average Bonchev–Trinajstić information content (AvgIpc) is 2.38. The van der Waals surface area contributed by atoms with E-state index in [0.29, 0.717) is 13.2 Å². The lowest BCUT2D eigenvalue weighted by Gasteiger charge is -2.18. The van der Waals surface area contributed by atoms with Gasteiger partial charge in [-0.1, -0.05) is 15.9 Å². The van der Waals surface area contributed by atoms with Crippen LogP contribution < -0.4 is 9.47 Å². The molecule has 1 rings (SSSR count). The van der Waals surface area contributed by atoms with E-state index < -0.39 is 0 Å². The van der Waals surface area contributed by atoms with Crippen molar-refractivity contribution in [3.8, 4) is 11.5 Å². The van der Waals surface area contributed by atoms with Crippen LogP contribution in [0.25, 0.3) is 0 Å². The van der Waals surface area contributed by atoms with Gasteiger partial charge in [0.25, 0.3) is 0 Å². The first kappa shape index (κ1) is 14.8. The highest BCUT2D eigenvalue weighted by Crippen LogP contribution is 2.16. The van der Waals surface area contributed by atoms with E-state index in [-0.39, 0.29) is 10.7 Å². The Labute approximate surface area is 116 Å². The Morgan fingerprint density at radius 2 is 1.89 bits per heavy atom. The maximum Gasteiger partial charge on any atom is 0.235 e. The van der Waals surface area contributed by atoms with Gasteiger partial charge in [-0.2, -0.15) is 0 Å². The van der Waals surface area contributed by atoms with E-state index in [0.717, 1.165) is 11.5 Å². The molecule has 18 heavy (non-hydrogen) atoms. The number of carbonyl (C=O) groups excluding carboxylic acids is 1. The zero-order valence-electron chi connectivity index (χ0n) is 10.9. The third-order valence-corrected chi connectivity index (χ3v) is 2.86. The standard InChI is InChI=1S/C13H18BrNO3/c1-10(14)13(16)15(2)8-9-18-12-6-4-11(17-3)5-7-12/h4-7,10H,8-9H2,1-3H3. The summed E-state index contributed by atoms with van der Waals surface area (Å²) < 4.78 is 10.6. The number of hydrogen-bond acceptors (Lipinski definition) is 3. The second-order valence-electron chi connectivity index (χ2n) is 3.90. The summed E-state index contributed by atoms with van der Waals surface area (Å²) in [6.07, 6.45) is 0. The van der Waals surface area contributed by atoms with Crippen LogP contribution in [-0.2, 0) is 4.79 Å². The number of carbonyl (C=O) groups is 1. The van der Waals surface area contributed by atoms with Crippen LogP contribution in [0.2, 0.25) is 0 Å². The van der Waals surface area contributed by atoms with Gasteiger partial charge in [0.15, 0.2) is 0 Å². The second-order valence-corrected chi connectivity index (χ2v) is 5.27. The lowest BCUT2D eigenvalue weighted by atomic mass is 10.3. The summed E-state index contributed by atoms with van der Waals surface area (Å²) in [6, 6.07) is 7.36. The first-order valence-electron chi connectivity index (χ1n) is 5.70. The molecule has 0 bridgehead atoms. The highest BCUT2D eigenvalue weighted by molar-refractivity contribution is 9.10. The predicted octanol–water partition coefficient (Wildman–Crippen LogP) is 2.32. The van der Waals surface area contributed by atoms with Crippen LogP contribution in [0, 0.1) is 0 Å². The minimum atomic E-state index is -0.163. The van der Waals surface area contributed by atoms with Crippen LogP contribution in [0.1, 0.15) is 6.92 Å². The zero-order valence-corrected chi connectivity index (χ0v) is 12.4. The van der Waals surface area contributed by atoms with Gasteiger partial charge in [-0.3, -0.25) is 4.79 Å². The molecule has 1 unspecified atom stereocenters. The largest absolute Gasteiger partial charge is 0.497 e. The molecule has 0 aliphatic carbocycles. The summed E-state index contributed by atoms with van der Waals surface area (Å²) in [5.41, 5.74) is 0. The van der Waals surface area contributed by atoms with Gasteiger partial charge in [0.2, 0.25) is 5.91 Å². The molecule has 0 radical (unpaired) electrons. The van der Waals surface area contributed by atoms with Gasteiger partial charge in [-0.25, -0.2) is 0 Å². The molecule has 0 aromatic heterocycles.